The van der Waals surface area contributed by atoms with Crippen LogP contribution < -0.4 is 4.80 Å². The number of benzene rings is 3. The molecule has 0 aliphatic carbocycles. The number of hydrogen-bond donors (Lipinski definition) is 0. The summed E-state index contributed by atoms with van der Waals surface area (Å²) in [4.78, 5) is 9.68. The lowest BCUT2D eigenvalue weighted by Crippen LogP contribution is -2.40. The highest BCUT2D eigenvalue weighted by Gasteiger charge is 2.26. The van der Waals surface area contributed by atoms with Gasteiger partial charge in [0.25, 0.3) is 0 Å². The van der Waals surface area contributed by atoms with Crippen LogP contribution in [0, 0.1) is 5.82 Å². The second-order valence-corrected chi connectivity index (χ2v) is 12.3. The Balaban J connectivity index is 1.37. The number of ether oxygens (including phenoxy) is 1. The molecule has 2 aromatic heterocycles. The van der Waals surface area contributed by atoms with Crippen molar-refractivity contribution >= 4 is 32.8 Å². The molecule has 3 heterocycles. The Labute approximate surface area is 246 Å². The molecule has 12 heteroatoms. The lowest BCUT2D eigenvalue weighted by Gasteiger charge is -2.26. The lowest BCUT2D eigenvalue weighted by molar-refractivity contribution is 0.0730. The van der Waals surface area contributed by atoms with E-state index in [1.807, 2.05) is 47.3 Å². The molecule has 3 aromatic carbocycles. The molecule has 214 valence electrons. The van der Waals surface area contributed by atoms with E-state index in [0.29, 0.717) is 36.8 Å². The predicted octanol–water partition coefficient (Wildman–Crippen LogP) is 5.07. The Morgan fingerprint density at radius 3 is 2.36 bits per heavy atom. The van der Waals surface area contributed by atoms with Gasteiger partial charge < -0.3 is 9.30 Å². The van der Waals surface area contributed by atoms with Crippen LogP contribution >= 0.6 is 11.3 Å². The Morgan fingerprint density at radius 1 is 0.976 bits per heavy atom. The van der Waals surface area contributed by atoms with Crippen LogP contribution in [-0.2, 0) is 14.8 Å². The molecular weight excluding hydrogens is 576 g/mol. The maximum absolute atomic E-state index is 13.7. The van der Waals surface area contributed by atoms with Gasteiger partial charge in [0.1, 0.15) is 5.82 Å². The summed E-state index contributed by atoms with van der Waals surface area (Å²) in [6.45, 7) is 3.35. The maximum Gasteiger partial charge on any atom is 0.243 e. The molecule has 0 radical (unpaired) electrons. The molecule has 0 amide bonds. The van der Waals surface area contributed by atoms with E-state index in [-0.39, 0.29) is 10.7 Å². The SMILES string of the molecule is CC(=Nn1c(-c2ccc(F)cc2)csc1=Nc1ccc(S(=O)(=O)N2CCOCC2)cc1)c1ccc(-n2ccnc2)cc1. The summed E-state index contributed by atoms with van der Waals surface area (Å²) < 4.78 is 50.1. The number of aromatic nitrogens is 3. The number of morpholine rings is 1. The number of sulfonamides is 1. The van der Waals surface area contributed by atoms with Crippen molar-refractivity contribution in [3.05, 3.63) is 113 Å². The Bertz CT molecular complexity index is 1870. The molecule has 0 unspecified atom stereocenters. The summed E-state index contributed by atoms with van der Waals surface area (Å²) in [7, 11) is -3.61. The quantitative estimate of drug-likeness (QED) is 0.243. The summed E-state index contributed by atoms with van der Waals surface area (Å²) in [5.74, 6) is -0.324. The zero-order valence-electron chi connectivity index (χ0n) is 22.7. The normalized spacial score (nSPS) is 15.3. The van der Waals surface area contributed by atoms with E-state index in [0.717, 1.165) is 28.2 Å². The molecule has 1 aliphatic heterocycles. The van der Waals surface area contributed by atoms with Gasteiger partial charge in [0.05, 0.1) is 41.5 Å². The van der Waals surface area contributed by atoms with Crippen molar-refractivity contribution in [2.45, 2.75) is 11.8 Å². The van der Waals surface area contributed by atoms with Crippen LogP contribution in [0.15, 0.2) is 112 Å². The van der Waals surface area contributed by atoms with E-state index in [1.165, 1.54) is 27.8 Å². The van der Waals surface area contributed by atoms with Gasteiger partial charge in [-0.05, 0) is 73.2 Å². The molecule has 1 fully saturated rings. The molecule has 1 aliphatic rings. The first kappa shape index (κ1) is 27.9. The lowest BCUT2D eigenvalue weighted by atomic mass is 10.1. The van der Waals surface area contributed by atoms with Crippen molar-refractivity contribution in [3.8, 4) is 16.9 Å². The largest absolute Gasteiger partial charge is 0.379 e. The molecule has 0 N–H and O–H groups in total. The second-order valence-electron chi connectivity index (χ2n) is 9.55. The predicted molar refractivity (Wildman–Crippen MR) is 160 cm³/mol. The molecule has 42 heavy (non-hydrogen) atoms. The van der Waals surface area contributed by atoms with Crippen LogP contribution in [-0.4, -0.2) is 59.0 Å². The molecule has 6 rings (SSSR count). The van der Waals surface area contributed by atoms with Gasteiger partial charge in [-0.2, -0.15) is 9.41 Å². The third-order valence-electron chi connectivity index (χ3n) is 6.83. The second kappa shape index (κ2) is 11.9. The third kappa shape index (κ3) is 5.88. The third-order valence-corrected chi connectivity index (χ3v) is 9.56. The Kier molecular flexibility index (Phi) is 7.94. The number of rotatable bonds is 7. The van der Waals surface area contributed by atoms with E-state index < -0.39 is 10.0 Å². The van der Waals surface area contributed by atoms with Crippen LogP contribution in [0.4, 0.5) is 10.1 Å². The van der Waals surface area contributed by atoms with Crippen molar-refractivity contribution in [3.63, 3.8) is 0 Å². The van der Waals surface area contributed by atoms with Gasteiger partial charge in [0.15, 0.2) is 0 Å². The highest BCUT2D eigenvalue weighted by atomic mass is 32.2. The minimum atomic E-state index is -3.61. The van der Waals surface area contributed by atoms with E-state index in [9.17, 15) is 12.8 Å². The molecule has 9 nitrogen and oxygen atoms in total. The number of nitrogens with zero attached hydrogens (tertiary/aromatic N) is 6. The maximum atomic E-state index is 13.7. The van der Waals surface area contributed by atoms with E-state index in [2.05, 4.69) is 4.98 Å². The first-order valence-corrected chi connectivity index (χ1v) is 15.5. The number of imidazole rings is 1. The molecular formula is C30H27FN6O3S2. The van der Waals surface area contributed by atoms with Gasteiger partial charge in [0.2, 0.25) is 14.8 Å². The fraction of sp³-hybridized carbons (Fsp3) is 0.167. The van der Waals surface area contributed by atoms with Gasteiger partial charge in [-0.25, -0.2) is 27.5 Å². The van der Waals surface area contributed by atoms with Crippen molar-refractivity contribution < 1.29 is 17.5 Å². The first-order chi connectivity index (χ1) is 20.4. The molecule has 0 saturated carbocycles. The summed E-state index contributed by atoms with van der Waals surface area (Å²) in [5, 5.41) is 6.84. The minimum Gasteiger partial charge on any atom is -0.379 e. The summed E-state index contributed by atoms with van der Waals surface area (Å²) in [6, 6.07) is 20.7. The van der Waals surface area contributed by atoms with Crippen LogP contribution in [0.1, 0.15) is 12.5 Å². The van der Waals surface area contributed by atoms with E-state index >= 15 is 0 Å². The highest BCUT2D eigenvalue weighted by molar-refractivity contribution is 7.89. The van der Waals surface area contributed by atoms with Crippen LogP contribution in [0.2, 0.25) is 0 Å². The van der Waals surface area contributed by atoms with Gasteiger partial charge in [-0.15, -0.1) is 11.3 Å². The summed E-state index contributed by atoms with van der Waals surface area (Å²) in [5.41, 5.74) is 4.77. The van der Waals surface area contributed by atoms with Gasteiger partial charge >= 0.3 is 0 Å². The van der Waals surface area contributed by atoms with Crippen molar-refractivity contribution in [1.29, 1.82) is 0 Å². The first-order valence-electron chi connectivity index (χ1n) is 13.2. The molecule has 1 saturated heterocycles. The highest BCUT2D eigenvalue weighted by Crippen LogP contribution is 2.24. The van der Waals surface area contributed by atoms with E-state index in [4.69, 9.17) is 14.8 Å². The van der Waals surface area contributed by atoms with Gasteiger partial charge in [0, 0.05) is 42.1 Å². The fourth-order valence-corrected chi connectivity index (χ4v) is 6.78. The average molecular weight is 603 g/mol. The Morgan fingerprint density at radius 2 is 1.69 bits per heavy atom. The molecule has 0 atom stereocenters. The average Bonchev–Trinajstić information content (AvgIpc) is 3.70. The van der Waals surface area contributed by atoms with Crippen molar-refractivity contribution in [2.24, 2.45) is 10.1 Å². The topological polar surface area (TPSA) is 94.1 Å². The smallest absolute Gasteiger partial charge is 0.243 e. The standard InChI is InChI=1S/C30H27FN6O3S2/c1-22(23-4-10-27(11-5-23)35-15-14-32-21-35)34-37-29(24-2-6-25(31)7-3-24)20-41-30(37)33-26-8-12-28(13-9-26)42(38,39)36-16-18-40-19-17-36/h2-15,20-21H,16-19H2,1H3. The van der Waals surface area contributed by atoms with E-state index in [1.54, 1.807) is 53.6 Å². The van der Waals surface area contributed by atoms with Crippen LogP contribution in [0.25, 0.3) is 16.9 Å². The number of halogens is 1. The fourth-order valence-electron chi connectivity index (χ4n) is 4.53. The van der Waals surface area contributed by atoms with Crippen molar-refractivity contribution in [1.82, 2.24) is 18.5 Å². The minimum absolute atomic E-state index is 0.211. The van der Waals surface area contributed by atoms with Crippen molar-refractivity contribution in [2.75, 3.05) is 26.3 Å². The summed E-state index contributed by atoms with van der Waals surface area (Å²) >= 11 is 1.39. The van der Waals surface area contributed by atoms with Crippen LogP contribution in [0.3, 0.4) is 0 Å². The molecule has 0 spiro atoms. The van der Waals surface area contributed by atoms with Gasteiger partial charge in [-0.1, -0.05) is 12.1 Å². The summed E-state index contributed by atoms with van der Waals surface area (Å²) in [6.07, 6.45) is 5.35. The molecule has 5 aromatic rings. The monoisotopic (exact) mass is 602 g/mol. The zero-order chi connectivity index (χ0) is 29.1. The Hall–Kier alpha value is -4.23. The number of thiazole rings is 1. The zero-order valence-corrected chi connectivity index (χ0v) is 24.3. The van der Waals surface area contributed by atoms with Gasteiger partial charge in [-0.3, -0.25) is 0 Å². The van der Waals surface area contributed by atoms with Crippen LogP contribution in [0.5, 0.6) is 0 Å². The number of hydrogen-bond acceptors (Lipinski definition) is 7. The molecule has 0 bridgehead atoms.